The molecule has 2 heterocycles. The van der Waals surface area contributed by atoms with E-state index < -0.39 is 6.04 Å². The first-order valence-corrected chi connectivity index (χ1v) is 7.57. The number of rotatable bonds is 2. The molecule has 2 atom stereocenters. The summed E-state index contributed by atoms with van der Waals surface area (Å²) in [5, 5.41) is 1.11. The van der Waals surface area contributed by atoms with E-state index >= 15 is 0 Å². The number of benzene rings is 1. The summed E-state index contributed by atoms with van der Waals surface area (Å²) >= 11 is 0. The Balaban J connectivity index is 2.14. The molecule has 0 bridgehead atoms. The number of carbonyl (C=O) groups excluding carboxylic acids is 2. The number of amides is 1. The number of fused-ring (bicyclic) bond motifs is 3. The van der Waals surface area contributed by atoms with Crippen molar-refractivity contribution in [2.45, 2.75) is 38.8 Å². The number of ether oxygens (including phenoxy) is 1. The van der Waals surface area contributed by atoms with E-state index in [0.717, 1.165) is 22.2 Å². The molecule has 1 aliphatic heterocycles. The zero-order valence-electron chi connectivity index (χ0n) is 13.1. The summed E-state index contributed by atoms with van der Waals surface area (Å²) in [4.78, 5) is 29.6. The van der Waals surface area contributed by atoms with Crippen LogP contribution in [0.3, 0.4) is 0 Å². The predicted octanol–water partition coefficient (Wildman–Crippen LogP) is 2.57. The molecule has 5 heteroatoms. The molecular weight excluding hydrogens is 280 g/mol. The van der Waals surface area contributed by atoms with Gasteiger partial charge in [-0.2, -0.15) is 0 Å². The van der Waals surface area contributed by atoms with E-state index in [0.29, 0.717) is 12.8 Å². The van der Waals surface area contributed by atoms with Crippen LogP contribution in [0.4, 0.5) is 0 Å². The third-order valence-corrected chi connectivity index (χ3v) is 4.48. The monoisotopic (exact) mass is 300 g/mol. The first-order chi connectivity index (χ1) is 10.6. The summed E-state index contributed by atoms with van der Waals surface area (Å²) < 4.78 is 4.92. The van der Waals surface area contributed by atoms with Crippen molar-refractivity contribution in [3.05, 3.63) is 35.5 Å². The third-order valence-electron chi connectivity index (χ3n) is 4.48. The average Bonchev–Trinajstić information content (AvgIpc) is 2.92. The largest absolute Gasteiger partial charge is 0.467 e. The van der Waals surface area contributed by atoms with Crippen molar-refractivity contribution >= 4 is 22.8 Å². The molecule has 0 fully saturated rings. The molecule has 1 aromatic heterocycles. The molecule has 0 saturated carbocycles. The average molecular weight is 300 g/mol. The maximum absolute atomic E-state index is 12.3. The molecule has 1 amide bonds. The zero-order valence-corrected chi connectivity index (χ0v) is 13.1. The highest BCUT2D eigenvalue weighted by molar-refractivity contribution is 5.90. The number of H-pyrrole nitrogens is 1. The van der Waals surface area contributed by atoms with Crippen LogP contribution >= 0.6 is 0 Å². The fourth-order valence-electron chi connectivity index (χ4n) is 3.40. The van der Waals surface area contributed by atoms with Crippen molar-refractivity contribution < 1.29 is 14.3 Å². The summed E-state index contributed by atoms with van der Waals surface area (Å²) in [6.45, 7) is 3.76. The number of para-hydroxylation sites is 1. The Morgan fingerprint density at radius 1 is 1.36 bits per heavy atom. The molecule has 0 aliphatic carbocycles. The quantitative estimate of drug-likeness (QED) is 0.867. The van der Waals surface area contributed by atoms with Gasteiger partial charge in [0.15, 0.2) is 0 Å². The van der Waals surface area contributed by atoms with E-state index in [4.69, 9.17) is 4.74 Å². The Labute approximate surface area is 129 Å². The molecule has 3 rings (SSSR count). The van der Waals surface area contributed by atoms with Crippen molar-refractivity contribution in [3.8, 4) is 0 Å². The van der Waals surface area contributed by atoms with E-state index in [1.54, 1.807) is 4.90 Å². The van der Waals surface area contributed by atoms with Crippen LogP contribution in [0.1, 0.15) is 37.6 Å². The van der Waals surface area contributed by atoms with Crippen molar-refractivity contribution in [1.82, 2.24) is 9.88 Å². The molecule has 2 aromatic rings. The Morgan fingerprint density at radius 2 is 2.09 bits per heavy atom. The van der Waals surface area contributed by atoms with Gasteiger partial charge in [-0.1, -0.05) is 25.1 Å². The lowest BCUT2D eigenvalue weighted by atomic mass is 9.92. The van der Waals surface area contributed by atoms with Gasteiger partial charge in [-0.05, 0) is 18.6 Å². The number of aromatic nitrogens is 1. The van der Waals surface area contributed by atoms with Gasteiger partial charge in [0.1, 0.15) is 6.04 Å². The number of hydrogen-bond acceptors (Lipinski definition) is 3. The van der Waals surface area contributed by atoms with Crippen LogP contribution in [-0.4, -0.2) is 34.9 Å². The van der Waals surface area contributed by atoms with Crippen LogP contribution in [0.2, 0.25) is 0 Å². The highest BCUT2D eigenvalue weighted by atomic mass is 16.5. The number of methoxy groups -OCH3 is 1. The van der Waals surface area contributed by atoms with E-state index in [1.807, 2.05) is 38.1 Å². The fourth-order valence-corrected chi connectivity index (χ4v) is 3.40. The standard InChI is InChI=1S/C17H20N2O3/c1-4-15(20)19-10(2)16-12(9-14(19)17(21)22-3)11-7-5-6-8-13(11)18-16/h5-8,10,14,18H,4,9H2,1-3H3/t10-,14+/m0/s1. The third kappa shape index (κ3) is 2.08. The summed E-state index contributed by atoms with van der Waals surface area (Å²) in [7, 11) is 1.37. The minimum atomic E-state index is -0.556. The molecule has 116 valence electrons. The molecule has 1 aromatic carbocycles. The Bertz CT molecular complexity index is 735. The first-order valence-electron chi connectivity index (χ1n) is 7.57. The van der Waals surface area contributed by atoms with Gasteiger partial charge < -0.3 is 14.6 Å². The number of carbonyl (C=O) groups is 2. The second-order valence-electron chi connectivity index (χ2n) is 5.64. The van der Waals surface area contributed by atoms with Gasteiger partial charge in [-0.25, -0.2) is 4.79 Å². The number of esters is 1. The normalized spacial score (nSPS) is 20.8. The molecule has 0 saturated heterocycles. The maximum Gasteiger partial charge on any atom is 0.328 e. The Morgan fingerprint density at radius 3 is 2.77 bits per heavy atom. The van der Waals surface area contributed by atoms with Crippen LogP contribution in [0, 0.1) is 0 Å². The molecule has 1 aliphatic rings. The summed E-state index contributed by atoms with van der Waals surface area (Å²) in [5.41, 5.74) is 3.16. The SMILES string of the molecule is CCC(=O)N1[C@@H](C(=O)OC)Cc2c([nH]c3ccccc23)[C@@H]1C. The Kier molecular flexibility index (Phi) is 3.64. The van der Waals surface area contributed by atoms with Crippen molar-refractivity contribution in [2.24, 2.45) is 0 Å². The number of nitrogens with one attached hydrogen (secondary N) is 1. The molecule has 22 heavy (non-hydrogen) atoms. The molecule has 5 nitrogen and oxygen atoms in total. The van der Waals surface area contributed by atoms with E-state index in [1.165, 1.54) is 7.11 Å². The Hall–Kier alpha value is -2.30. The molecule has 0 unspecified atom stereocenters. The number of hydrogen-bond donors (Lipinski definition) is 1. The van der Waals surface area contributed by atoms with Crippen molar-refractivity contribution in [2.75, 3.05) is 7.11 Å². The van der Waals surface area contributed by atoms with Gasteiger partial charge in [0.2, 0.25) is 5.91 Å². The van der Waals surface area contributed by atoms with E-state index in [9.17, 15) is 9.59 Å². The predicted molar refractivity (Wildman–Crippen MR) is 83.4 cm³/mol. The van der Waals surface area contributed by atoms with E-state index in [-0.39, 0.29) is 17.9 Å². The van der Waals surface area contributed by atoms with Gasteiger partial charge in [0.05, 0.1) is 13.2 Å². The number of aromatic amines is 1. The van der Waals surface area contributed by atoms with Crippen LogP contribution < -0.4 is 0 Å². The minimum absolute atomic E-state index is 0.0350. The topological polar surface area (TPSA) is 62.4 Å². The summed E-state index contributed by atoms with van der Waals surface area (Å²) in [6.07, 6.45) is 0.857. The van der Waals surface area contributed by atoms with Crippen LogP contribution in [-0.2, 0) is 20.7 Å². The number of nitrogens with zero attached hydrogens (tertiary/aromatic N) is 1. The minimum Gasteiger partial charge on any atom is -0.467 e. The summed E-state index contributed by atoms with van der Waals surface area (Å²) in [5.74, 6) is -0.392. The molecular formula is C17H20N2O3. The van der Waals surface area contributed by atoms with E-state index in [2.05, 4.69) is 4.98 Å². The molecule has 1 N–H and O–H groups in total. The van der Waals surface area contributed by atoms with Crippen LogP contribution in [0.25, 0.3) is 10.9 Å². The molecule has 0 spiro atoms. The van der Waals surface area contributed by atoms with Crippen LogP contribution in [0.15, 0.2) is 24.3 Å². The maximum atomic E-state index is 12.3. The molecule has 0 radical (unpaired) electrons. The first kappa shape index (κ1) is 14.6. The van der Waals surface area contributed by atoms with Gasteiger partial charge in [0.25, 0.3) is 0 Å². The lowest BCUT2D eigenvalue weighted by Crippen LogP contribution is -2.50. The van der Waals surface area contributed by atoms with Gasteiger partial charge in [0, 0.05) is 29.4 Å². The highest BCUT2D eigenvalue weighted by Crippen LogP contribution is 2.37. The van der Waals surface area contributed by atoms with Crippen molar-refractivity contribution in [3.63, 3.8) is 0 Å². The lowest BCUT2D eigenvalue weighted by molar-refractivity contribution is -0.155. The smallest absolute Gasteiger partial charge is 0.328 e. The second-order valence-corrected chi connectivity index (χ2v) is 5.64. The van der Waals surface area contributed by atoms with Crippen molar-refractivity contribution in [1.29, 1.82) is 0 Å². The van der Waals surface area contributed by atoms with Gasteiger partial charge in [-0.3, -0.25) is 4.79 Å². The van der Waals surface area contributed by atoms with Gasteiger partial charge >= 0.3 is 5.97 Å². The van der Waals surface area contributed by atoms with Crippen LogP contribution in [0.5, 0.6) is 0 Å². The van der Waals surface area contributed by atoms with Gasteiger partial charge in [-0.15, -0.1) is 0 Å². The second kappa shape index (κ2) is 5.48. The fraction of sp³-hybridized carbons (Fsp3) is 0.412. The zero-order chi connectivity index (χ0) is 15.9. The summed E-state index contributed by atoms with van der Waals surface area (Å²) in [6, 6.07) is 7.29. The lowest BCUT2D eigenvalue weighted by Gasteiger charge is -2.39. The highest BCUT2D eigenvalue weighted by Gasteiger charge is 2.40.